The van der Waals surface area contributed by atoms with Crippen LogP contribution in [0.2, 0.25) is 0 Å². The molecule has 0 amide bonds. The number of rotatable bonds is 4. The van der Waals surface area contributed by atoms with Gasteiger partial charge in [0.15, 0.2) is 0 Å². The van der Waals surface area contributed by atoms with Crippen molar-refractivity contribution < 1.29 is 8.42 Å². The average molecular weight is 314 g/mol. The van der Waals surface area contributed by atoms with Crippen LogP contribution in [0, 0.1) is 6.92 Å². The molecule has 3 rings (SSSR count). The van der Waals surface area contributed by atoms with Gasteiger partial charge in [-0.1, -0.05) is 35.9 Å². The molecule has 22 heavy (non-hydrogen) atoms. The molecule has 3 aromatic rings. The number of nitrogens with zero attached hydrogens (tertiary/aromatic N) is 1. The number of aromatic amines is 1. The maximum atomic E-state index is 12.6. The second-order valence-electron chi connectivity index (χ2n) is 5.43. The van der Waals surface area contributed by atoms with Gasteiger partial charge >= 0.3 is 0 Å². The van der Waals surface area contributed by atoms with Crippen LogP contribution in [0.4, 0.5) is 0 Å². The Kier molecular flexibility index (Phi) is 3.76. The number of para-hydroxylation sites is 1. The van der Waals surface area contributed by atoms with Crippen molar-refractivity contribution in [2.24, 2.45) is 0 Å². The van der Waals surface area contributed by atoms with Crippen molar-refractivity contribution in [1.29, 1.82) is 0 Å². The number of aryl methyl sites for hydroxylation is 1. The molecule has 2 aromatic carbocycles. The van der Waals surface area contributed by atoms with Crippen LogP contribution >= 0.6 is 0 Å². The van der Waals surface area contributed by atoms with Gasteiger partial charge in [0.05, 0.1) is 4.90 Å². The molecule has 114 valence electrons. The van der Waals surface area contributed by atoms with Gasteiger partial charge in [-0.3, -0.25) is 0 Å². The van der Waals surface area contributed by atoms with Gasteiger partial charge in [-0.05, 0) is 30.7 Å². The lowest BCUT2D eigenvalue weighted by Gasteiger charge is -2.17. The van der Waals surface area contributed by atoms with E-state index in [-0.39, 0.29) is 0 Å². The number of nitrogens with one attached hydrogen (secondary N) is 1. The number of benzene rings is 2. The van der Waals surface area contributed by atoms with Crippen molar-refractivity contribution in [3.63, 3.8) is 0 Å². The predicted octanol–water partition coefficient (Wildman–Crippen LogP) is 3.30. The van der Waals surface area contributed by atoms with Gasteiger partial charge in [0, 0.05) is 30.7 Å². The molecule has 0 aliphatic rings. The molecule has 0 aliphatic heterocycles. The number of hydrogen-bond acceptors (Lipinski definition) is 2. The zero-order chi connectivity index (χ0) is 15.7. The second kappa shape index (κ2) is 5.59. The van der Waals surface area contributed by atoms with Crippen LogP contribution in [0.1, 0.15) is 11.1 Å². The third kappa shape index (κ3) is 2.65. The van der Waals surface area contributed by atoms with E-state index in [1.807, 2.05) is 49.5 Å². The van der Waals surface area contributed by atoms with Crippen LogP contribution in [0.5, 0.6) is 0 Å². The quantitative estimate of drug-likeness (QED) is 0.803. The van der Waals surface area contributed by atoms with E-state index in [1.165, 1.54) is 4.31 Å². The van der Waals surface area contributed by atoms with Gasteiger partial charge in [-0.2, -0.15) is 4.31 Å². The van der Waals surface area contributed by atoms with E-state index in [1.54, 1.807) is 19.2 Å². The minimum Gasteiger partial charge on any atom is -0.361 e. The fourth-order valence-electron chi connectivity index (χ4n) is 2.48. The van der Waals surface area contributed by atoms with Crippen LogP contribution in [-0.4, -0.2) is 24.8 Å². The first-order chi connectivity index (χ1) is 10.5. The van der Waals surface area contributed by atoms with E-state index < -0.39 is 10.0 Å². The first kappa shape index (κ1) is 14.8. The normalized spacial score (nSPS) is 12.1. The lowest BCUT2D eigenvalue weighted by Crippen LogP contribution is -2.26. The van der Waals surface area contributed by atoms with Gasteiger partial charge in [0.25, 0.3) is 0 Å². The van der Waals surface area contributed by atoms with E-state index in [0.717, 1.165) is 22.0 Å². The Balaban J connectivity index is 1.90. The SMILES string of the molecule is Cc1ccc(S(=O)(=O)N(C)Cc2c[nH]c3ccccc23)cc1. The molecule has 0 unspecified atom stereocenters. The molecular weight excluding hydrogens is 296 g/mol. The van der Waals surface area contributed by atoms with Crippen LogP contribution in [0.15, 0.2) is 59.6 Å². The standard InChI is InChI=1S/C17H18N2O2S/c1-13-7-9-15(10-8-13)22(20,21)19(2)12-14-11-18-17-6-4-3-5-16(14)17/h3-11,18H,12H2,1-2H3. The maximum absolute atomic E-state index is 12.6. The molecule has 5 heteroatoms. The molecular formula is C17H18N2O2S. The number of aromatic nitrogens is 1. The zero-order valence-corrected chi connectivity index (χ0v) is 13.4. The topological polar surface area (TPSA) is 53.2 Å². The summed E-state index contributed by atoms with van der Waals surface area (Å²) in [6.45, 7) is 2.27. The lowest BCUT2D eigenvalue weighted by atomic mass is 10.2. The Bertz CT molecular complexity index is 896. The van der Waals surface area contributed by atoms with Crippen molar-refractivity contribution >= 4 is 20.9 Å². The molecule has 0 aliphatic carbocycles. The Hall–Kier alpha value is -2.11. The van der Waals surface area contributed by atoms with E-state index in [0.29, 0.717) is 11.4 Å². The summed E-state index contributed by atoms with van der Waals surface area (Å²) in [6, 6.07) is 14.8. The Morgan fingerprint density at radius 2 is 1.73 bits per heavy atom. The highest BCUT2D eigenvalue weighted by Crippen LogP contribution is 2.22. The smallest absolute Gasteiger partial charge is 0.243 e. The van der Waals surface area contributed by atoms with Crippen LogP contribution in [-0.2, 0) is 16.6 Å². The minimum atomic E-state index is -3.48. The van der Waals surface area contributed by atoms with Crippen molar-refractivity contribution in [2.75, 3.05) is 7.05 Å². The highest BCUT2D eigenvalue weighted by atomic mass is 32.2. The number of sulfonamides is 1. The second-order valence-corrected chi connectivity index (χ2v) is 7.48. The molecule has 0 atom stereocenters. The Morgan fingerprint density at radius 3 is 2.45 bits per heavy atom. The maximum Gasteiger partial charge on any atom is 0.243 e. The van der Waals surface area contributed by atoms with Crippen molar-refractivity contribution in [3.8, 4) is 0 Å². The summed E-state index contributed by atoms with van der Waals surface area (Å²) < 4.78 is 26.6. The molecule has 4 nitrogen and oxygen atoms in total. The molecule has 1 heterocycles. The molecule has 0 saturated heterocycles. The summed E-state index contributed by atoms with van der Waals surface area (Å²) in [7, 11) is -1.87. The molecule has 0 bridgehead atoms. The molecule has 0 fully saturated rings. The predicted molar refractivity (Wildman–Crippen MR) is 88.1 cm³/mol. The molecule has 0 saturated carbocycles. The largest absolute Gasteiger partial charge is 0.361 e. The lowest BCUT2D eigenvalue weighted by molar-refractivity contribution is 0.468. The minimum absolute atomic E-state index is 0.320. The van der Waals surface area contributed by atoms with E-state index in [4.69, 9.17) is 0 Å². The summed E-state index contributed by atoms with van der Waals surface area (Å²) in [5, 5.41) is 1.05. The van der Waals surface area contributed by atoms with E-state index >= 15 is 0 Å². The van der Waals surface area contributed by atoms with E-state index in [9.17, 15) is 8.42 Å². The number of hydrogen-bond donors (Lipinski definition) is 1. The highest BCUT2D eigenvalue weighted by Gasteiger charge is 2.21. The summed E-state index contributed by atoms with van der Waals surface area (Å²) >= 11 is 0. The monoisotopic (exact) mass is 314 g/mol. The van der Waals surface area contributed by atoms with Crippen molar-refractivity contribution in [2.45, 2.75) is 18.4 Å². The van der Waals surface area contributed by atoms with Crippen LogP contribution < -0.4 is 0 Å². The highest BCUT2D eigenvalue weighted by molar-refractivity contribution is 7.89. The summed E-state index contributed by atoms with van der Waals surface area (Å²) in [5.41, 5.74) is 3.02. The first-order valence-electron chi connectivity index (χ1n) is 7.06. The van der Waals surface area contributed by atoms with E-state index in [2.05, 4.69) is 4.98 Å². The average Bonchev–Trinajstić information content (AvgIpc) is 2.91. The fourth-order valence-corrected chi connectivity index (χ4v) is 3.63. The van der Waals surface area contributed by atoms with Gasteiger partial charge in [-0.25, -0.2) is 8.42 Å². The Morgan fingerprint density at radius 1 is 1.05 bits per heavy atom. The fraction of sp³-hybridized carbons (Fsp3) is 0.176. The molecule has 0 radical (unpaired) electrons. The first-order valence-corrected chi connectivity index (χ1v) is 8.50. The van der Waals surface area contributed by atoms with Gasteiger partial charge < -0.3 is 4.98 Å². The third-order valence-corrected chi connectivity index (χ3v) is 5.61. The van der Waals surface area contributed by atoms with Crippen molar-refractivity contribution in [3.05, 3.63) is 65.9 Å². The summed E-state index contributed by atoms with van der Waals surface area (Å²) in [6.07, 6.45) is 1.87. The molecule has 1 aromatic heterocycles. The molecule has 0 spiro atoms. The van der Waals surface area contributed by atoms with Crippen molar-refractivity contribution in [1.82, 2.24) is 9.29 Å². The van der Waals surface area contributed by atoms with Gasteiger partial charge in [-0.15, -0.1) is 0 Å². The summed E-state index contributed by atoms with van der Waals surface area (Å²) in [4.78, 5) is 3.49. The number of H-pyrrole nitrogens is 1. The van der Waals surface area contributed by atoms with Gasteiger partial charge in [0.1, 0.15) is 0 Å². The molecule has 1 N–H and O–H groups in total. The third-order valence-electron chi connectivity index (χ3n) is 3.80. The van der Waals surface area contributed by atoms with Crippen LogP contribution in [0.3, 0.4) is 0 Å². The zero-order valence-electron chi connectivity index (χ0n) is 12.6. The summed E-state index contributed by atoms with van der Waals surface area (Å²) in [5.74, 6) is 0. The van der Waals surface area contributed by atoms with Gasteiger partial charge in [0.2, 0.25) is 10.0 Å². The number of fused-ring (bicyclic) bond motifs is 1. The Labute approximate surface area is 130 Å². The van der Waals surface area contributed by atoms with Crippen LogP contribution in [0.25, 0.3) is 10.9 Å².